The van der Waals surface area contributed by atoms with Gasteiger partial charge in [0.15, 0.2) is 0 Å². The van der Waals surface area contributed by atoms with Gasteiger partial charge in [-0.3, -0.25) is 9.69 Å². The molecule has 1 heterocycles. The Morgan fingerprint density at radius 3 is 2.52 bits per heavy atom. The zero-order valence-electron chi connectivity index (χ0n) is 13.8. The van der Waals surface area contributed by atoms with Crippen molar-refractivity contribution in [3.8, 4) is 0 Å². The number of esters is 1. The number of carboxylic acids is 1. The number of carboxylic acid groups (broad SMARTS) is 1. The zero-order valence-corrected chi connectivity index (χ0v) is 13.8. The molecule has 1 aliphatic rings. The fraction of sp³-hybridized carbons (Fsp3) is 0.529. The van der Waals surface area contributed by atoms with Crippen LogP contribution in [-0.2, 0) is 20.8 Å². The molecule has 1 aromatic rings. The van der Waals surface area contributed by atoms with E-state index in [1.807, 2.05) is 13.0 Å². The van der Waals surface area contributed by atoms with Gasteiger partial charge < -0.3 is 14.6 Å². The smallest absolute Gasteiger partial charge is 0.335 e. The van der Waals surface area contributed by atoms with Crippen molar-refractivity contribution in [2.75, 3.05) is 33.4 Å². The lowest BCUT2D eigenvalue weighted by molar-refractivity contribution is -0.140. The van der Waals surface area contributed by atoms with Gasteiger partial charge >= 0.3 is 11.9 Å². The number of methoxy groups -OCH3 is 1. The van der Waals surface area contributed by atoms with E-state index in [0.29, 0.717) is 12.0 Å². The molecule has 1 aliphatic heterocycles. The third-order valence-electron chi connectivity index (χ3n) is 3.37. The number of hydrogen-bond donors (Lipinski definition) is 1. The maximum Gasteiger partial charge on any atom is 0.335 e. The Morgan fingerprint density at radius 1 is 1.30 bits per heavy atom. The van der Waals surface area contributed by atoms with Crippen LogP contribution in [0, 0.1) is 0 Å². The molecule has 0 aliphatic carbocycles. The summed E-state index contributed by atoms with van der Waals surface area (Å²) >= 11 is 0. The van der Waals surface area contributed by atoms with E-state index >= 15 is 0 Å². The largest absolute Gasteiger partial charge is 0.478 e. The average molecular weight is 323 g/mol. The lowest BCUT2D eigenvalue weighted by atomic mass is 10.1. The minimum absolute atomic E-state index is 0.123. The molecule has 1 saturated heterocycles. The van der Waals surface area contributed by atoms with E-state index < -0.39 is 5.97 Å². The van der Waals surface area contributed by atoms with Gasteiger partial charge in [0, 0.05) is 26.1 Å². The zero-order chi connectivity index (χ0) is 17.1. The first-order chi connectivity index (χ1) is 11.1. The number of aromatic carboxylic acids is 1. The van der Waals surface area contributed by atoms with Crippen molar-refractivity contribution >= 4 is 11.9 Å². The summed E-state index contributed by atoms with van der Waals surface area (Å²) in [6, 6.07) is 7.10. The quantitative estimate of drug-likeness (QED) is 0.837. The van der Waals surface area contributed by atoms with Gasteiger partial charge in [-0.2, -0.15) is 0 Å². The van der Waals surface area contributed by atoms with Crippen LogP contribution in [0.3, 0.4) is 0 Å². The highest BCUT2D eigenvalue weighted by molar-refractivity contribution is 5.87. The summed E-state index contributed by atoms with van der Waals surface area (Å²) in [6.45, 7) is 6.09. The minimum atomic E-state index is -0.871. The van der Waals surface area contributed by atoms with E-state index in [1.54, 1.807) is 18.2 Å². The molecule has 1 aromatic carbocycles. The second-order valence-electron chi connectivity index (χ2n) is 5.22. The molecule has 0 bridgehead atoms. The van der Waals surface area contributed by atoms with Gasteiger partial charge in [0.25, 0.3) is 0 Å². The summed E-state index contributed by atoms with van der Waals surface area (Å²) < 4.78 is 9.62. The van der Waals surface area contributed by atoms with Gasteiger partial charge in [-0.1, -0.05) is 19.1 Å². The summed E-state index contributed by atoms with van der Waals surface area (Å²) in [5.41, 5.74) is 1.40. The van der Waals surface area contributed by atoms with Crippen molar-refractivity contribution in [2.45, 2.75) is 26.3 Å². The Balaban J connectivity index is 0.000000322. The standard InChI is InChI=1S/C12H15NO3.C5H10O2/c14-12(15)11-3-1-2-10(8-11)9-13-4-6-16-7-5-13;1-3-4-5(6)7-2/h1-3,8H,4-7,9H2,(H,14,15);3-4H2,1-2H3. The molecule has 0 radical (unpaired) electrons. The maximum atomic E-state index is 10.8. The Labute approximate surface area is 137 Å². The minimum Gasteiger partial charge on any atom is -0.478 e. The fourth-order valence-corrected chi connectivity index (χ4v) is 2.13. The van der Waals surface area contributed by atoms with Gasteiger partial charge in [-0.15, -0.1) is 0 Å². The van der Waals surface area contributed by atoms with Crippen molar-refractivity contribution in [2.24, 2.45) is 0 Å². The van der Waals surface area contributed by atoms with Crippen molar-refractivity contribution in [3.63, 3.8) is 0 Å². The van der Waals surface area contributed by atoms with Crippen LogP contribution in [0.1, 0.15) is 35.7 Å². The first kappa shape index (κ1) is 19.1. The topological polar surface area (TPSA) is 76.1 Å². The Hall–Kier alpha value is -1.92. The molecule has 0 unspecified atom stereocenters. The number of carbonyl (C=O) groups excluding carboxylic acids is 1. The maximum absolute atomic E-state index is 10.8. The number of morpholine rings is 1. The Bertz CT molecular complexity index is 498. The highest BCUT2D eigenvalue weighted by Crippen LogP contribution is 2.09. The highest BCUT2D eigenvalue weighted by atomic mass is 16.5. The predicted octanol–water partition coefficient (Wildman–Crippen LogP) is 2.18. The number of ether oxygens (including phenoxy) is 2. The SMILES string of the molecule is CCCC(=O)OC.O=C(O)c1cccc(CN2CCOCC2)c1. The van der Waals surface area contributed by atoms with Crippen LogP contribution < -0.4 is 0 Å². The van der Waals surface area contributed by atoms with Gasteiger partial charge in [0.1, 0.15) is 0 Å². The number of rotatable bonds is 5. The lowest BCUT2D eigenvalue weighted by Gasteiger charge is -2.26. The summed E-state index contributed by atoms with van der Waals surface area (Å²) in [4.78, 5) is 23.3. The number of carbonyl (C=O) groups is 2. The highest BCUT2D eigenvalue weighted by Gasteiger charge is 2.11. The summed E-state index contributed by atoms with van der Waals surface area (Å²) in [5, 5.41) is 8.88. The average Bonchev–Trinajstić information content (AvgIpc) is 2.57. The van der Waals surface area contributed by atoms with Crippen molar-refractivity contribution in [3.05, 3.63) is 35.4 Å². The summed E-state index contributed by atoms with van der Waals surface area (Å²) in [5.74, 6) is -0.994. The van der Waals surface area contributed by atoms with Crippen LogP contribution in [0.25, 0.3) is 0 Å². The first-order valence-electron chi connectivity index (χ1n) is 7.76. The summed E-state index contributed by atoms with van der Waals surface area (Å²) in [7, 11) is 1.40. The molecule has 0 spiro atoms. The molecule has 2 rings (SSSR count). The van der Waals surface area contributed by atoms with Gasteiger partial charge in [0.2, 0.25) is 0 Å². The molecule has 23 heavy (non-hydrogen) atoms. The molecule has 128 valence electrons. The predicted molar refractivity (Wildman–Crippen MR) is 86.4 cm³/mol. The number of hydrogen-bond acceptors (Lipinski definition) is 5. The van der Waals surface area contributed by atoms with Gasteiger partial charge in [0.05, 0.1) is 25.9 Å². The molecule has 6 heteroatoms. The van der Waals surface area contributed by atoms with Gasteiger partial charge in [-0.05, 0) is 24.1 Å². The molecule has 6 nitrogen and oxygen atoms in total. The van der Waals surface area contributed by atoms with Crippen LogP contribution in [0.2, 0.25) is 0 Å². The van der Waals surface area contributed by atoms with E-state index in [4.69, 9.17) is 9.84 Å². The van der Waals surface area contributed by atoms with Crippen LogP contribution >= 0.6 is 0 Å². The van der Waals surface area contributed by atoms with E-state index in [-0.39, 0.29) is 5.97 Å². The van der Waals surface area contributed by atoms with Crippen molar-refractivity contribution < 1.29 is 24.2 Å². The van der Waals surface area contributed by atoms with E-state index in [1.165, 1.54) is 7.11 Å². The van der Waals surface area contributed by atoms with Crippen LogP contribution in [0.4, 0.5) is 0 Å². The second-order valence-corrected chi connectivity index (χ2v) is 5.22. The van der Waals surface area contributed by atoms with Crippen LogP contribution in [0.15, 0.2) is 24.3 Å². The van der Waals surface area contributed by atoms with Gasteiger partial charge in [-0.25, -0.2) is 4.79 Å². The third kappa shape index (κ3) is 7.76. The molecular formula is C17H25NO5. The normalized spacial score (nSPS) is 14.5. The van der Waals surface area contributed by atoms with Crippen molar-refractivity contribution in [1.29, 1.82) is 0 Å². The molecule has 1 fully saturated rings. The number of benzene rings is 1. The molecule has 1 N–H and O–H groups in total. The lowest BCUT2D eigenvalue weighted by Crippen LogP contribution is -2.35. The molecule has 0 amide bonds. The fourth-order valence-electron chi connectivity index (χ4n) is 2.13. The van der Waals surface area contributed by atoms with E-state index in [2.05, 4.69) is 9.64 Å². The Kier molecular flexibility index (Phi) is 8.94. The van der Waals surface area contributed by atoms with E-state index in [0.717, 1.165) is 44.8 Å². The third-order valence-corrected chi connectivity index (χ3v) is 3.37. The molecular weight excluding hydrogens is 298 g/mol. The molecule has 0 saturated carbocycles. The molecule has 0 aromatic heterocycles. The summed E-state index contributed by atoms with van der Waals surface area (Å²) in [6.07, 6.45) is 1.41. The second kappa shape index (κ2) is 10.7. The van der Waals surface area contributed by atoms with E-state index in [9.17, 15) is 9.59 Å². The molecule has 0 atom stereocenters. The number of nitrogens with zero attached hydrogens (tertiary/aromatic N) is 1. The van der Waals surface area contributed by atoms with Crippen LogP contribution in [-0.4, -0.2) is 55.4 Å². The Morgan fingerprint density at radius 2 is 2.00 bits per heavy atom. The monoisotopic (exact) mass is 323 g/mol. The van der Waals surface area contributed by atoms with Crippen molar-refractivity contribution in [1.82, 2.24) is 4.90 Å². The first-order valence-corrected chi connectivity index (χ1v) is 7.76. The van der Waals surface area contributed by atoms with Crippen LogP contribution in [0.5, 0.6) is 0 Å².